The van der Waals surface area contributed by atoms with Gasteiger partial charge >= 0.3 is 0 Å². The zero-order chi connectivity index (χ0) is 9.97. The normalized spacial score (nSPS) is 13.9. The van der Waals surface area contributed by atoms with E-state index in [0.29, 0.717) is 12.5 Å². The van der Waals surface area contributed by atoms with Gasteiger partial charge in [0.2, 0.25) is 0 Å². The molecule has 0 aliphatic carbocycles. The van der Waals surface area contributed by atoms with Crippen LogP contribution in [0.1, 0.15) is 18.1 Å². The van der Waals surface area contributed by atoms with Crippen molar-refractivity contribution >= 4 is 6.08 Å². The molecule has 1 aromatic rings. The molecule has 0 saturated heterocycles. The molecule has 14 heavy (non-hydrogen) atoms. The molecule has 1 radical (unpaired) electrons. The fourth-order valence-corrected chi connectivity index (χ4v) is 1.75. The molecule has 0 amide bonds. The molecule has 0 bridgehead atoms. The van der Waals surface area contributed by atoms with Gasteiger partial charge in [0.05, 0.1) is 0 Å². The summed E-state index contributed by atoms with van der Waals surface area (Å²) >= 11 is 0. The molecule has 0 aromatic heterocycles. The van der Waals surface area contributed by atoms with E-state index in [1.54, 1.807) is 0 Å². The van der Waals surface area contributed by atoms with Gasteiger partial charge in [-0.3, -0.25) is 0 Å². The lowest BCUT2D eigenvalue weighted by molar-refractivity contribution is 0.353. The molecule has 0 saturated carbocycles. The van der Waals surface area contributed by atoms with Crippen molar-refractivity contribution < 1.29 is 4.74 Å². The van der Waals surface area contributed by atoms with Crippen LogP contribution in [0.15, 0.2) is 24.3 Å². The number of hydrogen-bond donors (Lipinski definition) is 0. The number of benzene rings is 1. The second-order valence-electron chi connectivity index (χ2n) is 3.86. The van der Waals surface area contributed by atoms with Gasteiger partial charge in [-0.2, -0.15) is 0 Å². The van der Waals surface area contributed by atoms with Crippen LogP contribution in [0.5, 0.6) is 5.75 Å². The summed E-state index contributed by atoms with van der Waals surface area (Å²) in [5.74, 6) is 1.47. The summed E-state index contributed by atoms with van der Waals surface area (Å²) in [6.45, 7) is 6.82. The van der Waals surface area contributed by atoms with E-state index < -0.39 is 0 Å². The third-order valence-corrected chi connectivity index (χ3v) is 2.32. The average Bonchev–Trinajstić information content (AvgIpc) is 2.18. The lowest BCUT2D eigenvalue weighted by Gasteiger charge is -2.17. The Labute approximate surface area is 85.4 Å². The first-order valence-electron chi connectivity index (χ1n) is 5.01. The number of rotatable bonds is 2. The molecule has 0 spiro atoms. The lowest BCUT2D eigenvalue weighted by Crippen LogP contribution is -2.05. The van der Waals surface area contributed by atoms with E-state index >= 15 is 0 Å². The molecule has 1 aliphatic heterocycles. The van der Waals surface area contributed by atoms with Gasteiger partial charge in [0.15, 0.2) is 0 Å². The van der Waals surface area contributed by atoms with E-state index in [4.69, 9.17) is 4.74 Å². The van der Waals surface area contributed by atoms with Crippen molar-refractivity contribution in [3.8, 4) is 5.75 Å². The zero-order valence-corrected chi connectivity index (χ0v) is 8.49. The van der Waals surface area contributed by atoms with Crippen molar-refractivity contribution in [1.29, 1.82) is 0 Å². The second kappa shape index (κ2) is 3.87. The monoisotopic (exact) mass is 187 g/mol. The van der Waals surface area contributed by atoms with E-state index in [2.05, 4.69) is 38.1 Å². The van der Waals surface area contributed by atoms with Gasteiger partial charge in [0.1, 0.15) is 12.4 Å². The van der Waals surface area contributed by atoms with E-state index in [1.807, 2.05) is 6.08 Å². The zero-order valence-electron chi connectivity index (χ0n) is 8.49. The number of ether oxygens (including phenoxy) is 1. The maximum Gasteiger partial charge on any atom is 0.130 e. The van der Waals surface area contributed by atoms with E-state index in [0.717, 1.165) is 12.2 Å². The van der Waals surface area contributed by atoms with E-state index in [9.17, 15) is 0 Å². The molecular weight excluding hydrogens is 172 g/mol. The van der Waals surface area contributed by atoms with Crippen LogP contribution >= 0.6 is 0 Å². The predicted molar refractivity (Wildman–Crippen MR) is 59.2 cm³/mol. The molecule has 1 unspecified atom stereocenters. The number of fused-ring (bicyclic) bond motifs is 1. The van der Waals surface area contributed by atoms with Crippen LogP contribution in [0.25, 0.3) is 6.08 Å². The molecule has 0 fully saturated rings. The largest absolute Gasteiger partial charge is 0.489 e. The van der Waals surface area contributed by atoms with Crippen LogP contribution in [0.4, 0.5) is 0 Å². The van der Waals surface area contributed by atoms with Crippen LogP contribution in [0, 0.1) is 12.8 Å². The van der Waals surface area contributed by atoms with Gasteiger partial charge in [0.25, 0.3) is 0 Å². The SMILES string of the molecule is [CH2]C(C)Cc1cccc2c1OCC=C2. The molecular formula is C13H15O. The Kier molecular flexibility index (Phi) is 2.58. The van der Waals surface area contributed by atoms with Crippen LogP contribution in [-0.2, 0) is 6.42 Å². The first-order chi connectivity index (χ1) is 6.77. The fraction of sp³-hybridized carbons (Fsp3) is 0.308. The topological polar surface area (TPSA) is 9.23 Å². The molecule has 1 atom stereocenters. The summed E-state index contributed by atoms with van der Waals surface area (Å²) in [6, 6.07) is 6.29. The molecule has 73 valence electrons. The summed E-state index contributed by atoms with van der Waals surface area (Å²) in [4.78, 5) is 0. The maximum atomic E-state index is 5.64. The highest BCUT2D eigenvalue weighted by atomic mass is 16.5. The van der Waals surface area contributed by atoms with Crippen LogP contribution < -0.4 is 4.74 Å². The van der Waals surface area contributed by atoms with Crippen molar-refractivity contribution in [2.75, 3.05) is 6.61 Å². The van der Waals surface area contributed by atoms with E-state index in [1.165, 1.54) is 11.1 Å². The first-order valence-corrected chi connectivity index (χ1v) is 5.01. The summed E-state index contributed by atoms with van der Waals surface area (Å²) in [7, 11) is 0. The van der Waals surface area contributed by atoms with Crippen molar-refractivity contribution in [2.24, 2.45) is 5.92 Å². The minimum absolute atomic E-state index is 0.427. The van der Waals surface area contributed by atoms with Crippen molar-refractivity contribution in [3.63, 3.8) is 0 Å². The minimum Gasteiger partial charge on any atom is -0.489 e. The van der Waals surface area contributed by atoms with Gasteiger partial charge < -0.3 is 4.74 Å². The van der Waals surface area contributed by atoms with Gasteiger partial charge in [-0.15, -0.1) is 0 Å². The third kappa shape index (κ3) is 1.82. The highest BCUT2D eigenvalue weighted by molar-refractivity contribution is 5.61. The Bertz CT molecular complexity index is 350. The molecule has 1 nitrogen and oxygen atoms in total. The standard InChI is InChI=1S/C13H15O/c1-10(2)9-12-6-3-5-11-7-4-8-14-13(11)12/h3-7,10H,1,8-9H2,2H3. The predicted octanol–water partition coefficient (Wildman–Crippen LogP) is 3.10. The molecule has 2 rings (SSSR count). The number of para-hydroxylation sites is 1. The highest BCUT2D eigenvalue weighted by Gasteiger charge is 2.11. The molecule has 1 heteroatoms. The molecule has 1 aromatic carbocycles. The van der Waals surface area contributed by atoms with Crippen molar-refractivity contribution in [3.05, 3.63) is 42.3 Å². The Hall–Kier alpha value is -1.24. The van der Waals surface area contributed by atoms with Crippen LogP contribution in [0.2, 0.25) is 0 Å². The Morgan fingerprint density at radius 3 is 3.14 bits per heavy atom. The van der Waals surface area contributed by atoms with Gasteiger partial charge in [0, 0.05) is 5.56 Å². The summed E-state index contributed by atoms with van der Waals surface area (Å²) in [5.41, 5.74) is 2.46. The maximum absolute atomic E-state index is 5.64. The van der Waals surface area contributed by atoms with Crippen LogP contribution in [0.3, 0.4) is 0 Å². The first kappa shape index (κ1) is 9.32. The smallest absolute Gasteiger partial charge is 0.130 e. The second-order valence-corrected chi connectivity index (χ2v) is 3.86. The summed E-state index contributed by atoms with van der Waals surface area (Å²) in [6.07, 6.45) is 5.15. The summed E-state index contributed by atoms with van der Waals surface area (Å²) in [5, 5.41) is 0. The third-order valence-electron chi connectivity index (χ3n) is 2.32. The molecule has 0 N–H and O–H groups in total. The van der Waals surface area contributed by atoms with Crippen LogP contribution in [-0.4, -0.2) is 6.61 Å². The molecule has 1 heterocycles. The Morgan fingerprint density at radius 2 is 2.36 bits per heavy atom. The Balaban J connectivity index is 2.36. The van der Waals surface area contributed by atoms with Gasteiger partial charge in [-0.1, -0.05) is 38.1 Å². The highest BCUT2D eigenvalue weighted by Crippen LogP contribution is 2.29. The average molecular weight is 187 g/mol. The Morgan fingerprint density at radius 1 is 1.50 bits per heavy atom. The van der Waals surface area contributed by atoms with Gasteiger partial charge in [-0.05, 0) is 24.0 Å². The van der Waals surface area contributed by atoms with E-state index in [-0.39, 0.29) is 0 Å². The quantitative estimate of drug-likeness (QED) is 0.691. The molecule has 1 aliphatic rings. The van der Waals surface area contributed by atoms with Gasteiger partial charge in [-0.25, -0.2) is 0 Å². The lowest BCUT2D eigenvalue weighted by atomic mass is 9.99. The van der Waals surface area contributed by atoms with Crippen molar-refractivity contribution in [2.45, 2.75) is 13.3 Å². The number of hydrogen-bond acceptors (Lipinski definition) is 1. The fourth-order valence-electron chi connectivity index (χ4n) is 1.75. The van der Waals surface area contributed by atoms with Crippen molar-refractivity contribution in [1.82, 2.24) is 0 Å². The minimum atomic E-state index is 0.427. The summed E-state index contributed by atoms with van der Waals surface area (Å²) < 4.78 is 5.64.